The summed E-state index contributed by atoms with van der Waals surface area (Å²) in [6.45, 7) is 0. The summed E-state index contributed by atoms with van der Waals surface area (Å²) in [4.78, 5) is 12.6. The zero-order valence-corrected chi connectivity index (χ0v) is 15.9. The van der Waals surface area contributed by atoms with Gasteiger partial charge in [0.25, 0.3) is 5.76 Å². The highest BCUT2D eigenvalue weighted by Crippen LogP contribution is 2.27. The highest BCUT2D eigenvalue weighted by Gasteiger charge is 2.30. The number of alkyl halides is 2. The van der Waals surface area contributed by atoms with Crippen LogP contribution in [-0.4, -0.2) is 38.5 Å². The summed E-state index contributed by atoms with van der Waals surface area (Å²) in [7, 11) is 0. The van der Waals surface area contributed by atoms with Crippen molar-refractivity contribution in [3.05, 3.63) is 53.6 Å². The van der Waals surface area contributed by atoms with Crippen LogP contribution < -0.4 is 5.32 Å². The van der Waals surface area contributed by atoms with Gasteiger partial charge in [-0.1, -0.05) is 35.7 Å². The molecule has 28 heavy (non-hydrogen) atoms. The number of hydrogen-bond acceptors (Lipinski definition) is 7. The molecule has 0 radical (unpaired) electrons. The largest absolute Gasteiger partial charge is 0.508 e. The number of aromatic hydroxyl groups is 2. The lowest BCUT2D eigenvalue weighted by Crippen LogP contribution is -2.25. The Balaban J connectivity index is 1.60. The van der Waals surface area contributed by atoms with Gasteiger partial charge in [-0.3, -0.25) is 4.79 Å². The molecule has 2 aromatic rings. The Morgan fingerprint density at radius 2 is 1.96 bits per heavy atom. The molecule has 146 valence electrons. The third kappa shape index (κ3) is 5.46. The number of carbonyl (C=O) groups is 1. The SMILES string of the molecule is O=C1N/C(=N/N=C/c2ccc(O)cc2O)SC1Cc1ccc(SC(F)F)cc1. The molecule has 0 aromatic heterocycles. The Morgan fingerprint density at radius 3 is 2.64 bits per heavy atom. The van der Waals surface area contributed by atoms with Gasteiger partial charge in [0, 0.05) is 16.5 Å². The van der Waals surface area contributed by atoms with E-state index in [1.807, 2.05) is 0 Å². The summed E-state index contributed by atoms with van der Waals surface area (Å²) < 4.78 is 24.7. The first-order valence-electron chi connectivity index (χ1n) is 8.05. The van der Waals surface area contributed by atoms with Gasteiger partial charge < -0.3 is 15.5 Å². The minimum atomic E-state index is -2.47. The number of nitrogens with zero attached hydrogens (tertiary/aromatic N) is 2. The van der Waals surface area contributed by atoms with Crippen molar-refractivity contribution in [2.24, 2.45) is 10.2 Å². The maximum atomic E-state index is 12.3. The van der Waals surface area contributed by atoms with Gasteiger partial charge in [-0.2, -0.15) is 13.9 Å². The van der Waals surface area contributed by atoms with Gasteiger partial charge in [-0.05, 0) is 36.2 Å². The van der Waals surface area contributed by atoms with E-state index in [1.54, 1.807) is 24.3 Å². The van der Waals surface area contributed by atoms with Gasteiger partial charge >= 0.3 is 0 Å². The molecule has 1 heterocycles. The highest BCUT2D eigenvalue weighted by atomic mass is 32.2. The lowest BCUT2D eigenvalue weighted by atomic mass is 10.1. The molecule has 6 nitrogen and oxygen atoms in total. The standard InChI is InChI=1S/C18H15F2N3O3S2/c19-17(20)27-13-5-1-10(2-6-13)7-15-16(26)22-18(28-15)23-21-9-11-3-4-12(24)8-14(11)25/h1-6,8-9,15,17,24-25H,7H2,(H,22,23,26)/b21-9+. The predicted molar refractivity (Wildman–Crippen MR) is 106 cm³/mol. The van der Waals surface area contributed by atoms with Crippen LogP contribution in [0.15, 0.2) is 57.6 Å². The van der Waals surface area contributed by atoms with Crippen LogP contribution in [0.4, 0.5) is 8.78 Å². The number of nitrogens with one attached hydrogen (secondary N) is 1. The van der Waals surface area contributed by atoms with E-state index in [1.165, 1.54) is 36.2 Å². The minimum Gasteiger partial charge on any atom is -0.508 e. The molecule has 0 spiro atoms. The van der Waals surface area contributed by atoms with Crippen molar-refractivity contribution in [1.82, 2.24) is 5.32 Å². The van der Waals surface area contributed by atoms with E-state index in [0.29, 0.717) is 33.8 Å². The topological polar surface area (TPSA) is 94.3 Å². The first-order valence-corrected chi connectivity index (χ1v) is 9.81. The Kier molecular flexibility index (Phi) is 6.53. The molecule has 0 bridgehead atoms. The summed E-state index contributed by atoms with van der Waals surface area (Å²) in [6, 6.07) is 10.7. The fourth-order valence-electron chi connectivity index (χ4n) is 2.39. The second-order valence-electron chi connectivity index (χ2n) is 5.72. The number of halogens is 2. The van der Waals surface area contributed by atoms with Crippen LogP contribution in [0.5, 0.6) is 11.5 Å². The summed E-state index contributed by atoms with van der Waals surface area (Å²) in [5.41, 5.74) is 1.22. The van der Waals surface area contributed by atoms with Gasteiger partial charge in [0.05, 0.1) is 11.5 Å². The van der Waals surface area contributed by atoms with Crippen molar-refractivity contribution >= 4 is 40.8 Å². The molecule has 1 atom stereocenters. The minimum absolute atomic E-state index is 0.0664. The Hall–Kier alpha value is -2.59. The first-order chi connectivity index (χ1) is 13.4. The number of phenols is 2. The van der Waals surface area contributed by atoms with Gasteiger partial charge in [-0.25, -0.2) is 0 Å². The second kappa shape index (κ2) is 9.07. The monoisotopic (exact) mass is 423 g/mol. The van der Waals surface area contributed by atoms with Gasteiger partial charge in [0.15, 0.2) is 5.17 Å². The van der Waals surface area contributed by atoms with Gasteiger partial charge in [0.2, 0.25) is 5.91 Å². The van der Waals surface area contributed by atoms with Gasteiger partial charge in [-0.15, -0.1) is 5.10 Å². The molecular weight excluding hydrogens is 408 g/mol. The molecule has 2 aromatic carbocycles. The van der Waals surface area contributed by atoms with Crippen LogP contribution in [0.25, 0.3) is 0 Å². The van der Waals surface area contributed by atoms with Gasteiger partial charge in [0.1, 0.15) is 11.5 Å². The van der Waals surface area contributed by atoms with Crippen molar-refractivity contribution in [1.29, 1.82) is 0 Å². The van der Waals surface area contributed by atoms with E-state index in [0.717, 1.165) is 5.56 Å². The van der Waals surface area contributed by atoms with Crippen molar-refractivity contribution < 1.29 is 23.8 Å². The highest BCUT2D eigenvalue weighted by molar-refractivity contribution is 8.15. The molecule has 0 saturated carbocycles. The quantitative estimate of drug-likeness (QED) is 0.375. The molecule has 10 heteroatoms. The van der Waals surface area contributed by atoms with E-state index in [2.05, 4.69) is 15.5 Å². The third-order valence-electron chi connectivity index (χ3n) is 3.71. The summed E-state index contributed by atoms with van der Waals surface area (Å²) in [5.74, 6) is -2.89. The molecule has 1 amide bonds. The normalized spacial score (nSPS) is 18.3. The number of amides is 1. The van der Waals surface area contributed by atoms with E-state index >= 15 is 0 Å². The molecule has 3 rings (SSSR count). The van der Waals surface area contributed by atoms with Crippen molar-refractivity contribution in [2.45, 2.75) is 22.3 Å². The molecule has 1 saturated heterocycles. The summed E-state index contributed by atoms with van der Waals surface area (Å²) in [6.07, 6.45) is 1.73. The number of hydrogen-bond donors (Lipinski definition) is 3. The zero-order valence-electron chi connectivity index (χ0n) is 14.3. The van der Waals surface area contributed by atoms with Crippen molar-refractivity contribution in [3.63, 3.8) is 0 Å². The lowest BCUT2D eigenvalue weighted by Gasteiger charge is -2.06. The maximum Gasteiger partial charge on any atom is 0.288 e. The van der Waals surface area contributed by atoms with Crippen LogP contribution in [0.1, 0.15) is 11.1 Å². The fraction of sp³-hybridized carbons (Fsp3) is 0.167. The smallest absolute Gasteiger partial charge is 0.288 e. The second-order valence-corrected chi connectivity index (χ2v) is 7.97. The first kappa shape index (κ1) is 20.2. The lowest BCUT2D eigenvalue weighted by molar-refractivity contribution is -0.118. The Bertz CT molecular complexity index is 921. The molecule has 3 N–H and O–H groups in total. The van der Waals surface area contributed by atoms with Crippen LogP contribution in [0.2, 0.25) is 0 Å². The molecule has 1 fully saturated rings. The third-order valence-corrected chi connectivity index (χ3v) is 5.50. The number of thioether (sulfide) groups is 2. The van der Waals surface area contributed by atoms with Crippen LogP contribution in [0, 0.1) is 0 Å². The number of benzene rings is 2. The van der Waals surface area contributed by atoms with E-state index < -0.39 is 11.0 Å². The van der Waals surface area contributed by atoms with Crippen molar-refractivity contribution in [3.8, 4) is 11.5 Å². The molecular formula is C18H15F2N3O3S2. The fourth-order valence-corrected chi connectivity index (χ4v) is 3.86. The number of amidine groups is 1. The van der Waals surface area contributed by atoms with E-state index in [4.69, 9.17) is 0 Å². The molecule has 1 aliphatic rings. The molecule has 1 aliphatic heterocycles. The number of carbonyl (C=O) groups excluding carboxylic acids is 1. The predicted octanol–water partition coefficient (Wildman–Crippen LogP) is 3.58. The number of phenolic OH excluding ortho intramolecular Hbond substituents is 2. The molecule has 1 unspecified atom stereocenters. The van der Waals surface area contributed by atoms with E-state index in [9.17, 15) is 23.8 Å². The van der Waals surface area contributed by atoms with Crippen molar-refractivity contribution in [2.75, 3.05) is 0 Å². The maximum absolute atomic E-state index is 12.3. The van der Waals surface area contributed by atoms with Crippen LogP contribution >= 0.6 is 23.5 Å². The van der Waals surface area contributed by atoms with Crippen LogP contribution in [0.3, 0.4) is 0 Å². The number of rotatable bonds is 6. The van der Waals surface area contributed by atoms with E-state index in [-0.39, 0.29) is 17.4 Å². The summed E-state index contributed by atoms with van der Waals surface area (Å²) >= 11 is 1.69. The Labute approximate surface area is 167 Å². The summed E-state index contributed by atoms with van der Waals surface area (Å²) in [5, 5.41) is 29.3. The molecule has 0 aliphatic carbocycles. The zero-order chi connectivity index (χ0) is 20.1. The average molecular weight is 423 g/mol. The average Bonchev–Trinajstić information content (AvgIpc) is 2.97. The Morgan fingerprint density at radius 1 is 1.21 bits per heavy atom. The van der Waals surface area contributed by atoms with Crippen LogP contribution in [-0.2, 0) is 11.2 Å².